The normalized spacial score (nSPS) is 13.2. The molecule has 0 bridgehead atoms. The first-order chi connectivity index (χ1) is 8.66. The van der Waals surface area contributed by atoms with E-state index >= 15 is 0 Å². The number of rotatable bonds is 13. The summed E-state index contributed by atoms with van der Waals surface area (Å²) in [5.74, 6) is 0.807. The largest absolute Gasteiger partial charge is 0.330 e. The van der Waals surface area contributed by atoms with E-state index in [1.165, 1.54) is 64.3 Å². The Morgan fingerprint density at radius 1 is 0.778 bits per heavy atom. The lowest BCUT2D eigenvalue weighted by atomic mass is 10.0. The van der Waals surface area contributed by atoms with Gasteiger partial charge in [-0.05, 0) is 45.2 Å². The van der Waals surface area contributed by atoms with Crippen molar-refractivity contribution in [1.82, 2.24) is 5.32 Å². The third-order valence-electron chi connectivity index (χ3n) is 3.45. The fourth-order valence-electron chi connectivity index (χ4n) is 2.47. The van der Waals surface area contributed by atoms with Crippen molar-refractivity contribution < 1.29 is 0 Å². The lowest BCUT2D eigenvalue weighted by molar-refractivity contribution is 0.433. The minimum Gasteiger partial charge on any atom is -0.330 e. The fraction of sp³-hybridized carbons (Fsp3) is 1.00. The minimum atomic E-state index is 0.682. The van der Waals surface area contributed by atoms with E-state index in [2.05, 4.69) is 26.1 Å². The highest BCUT2D eigenvalue weighted by molar-refractivity contribution is 4.62. The van der Waals surface area contributed by atoms with Crippen LogP contribution in [0.25, 0.3) is 0 Å². The zero-order valence-corrected chi connectivity index (χ0v) is 13.0. The number of nitrogens with two attached hydrogens (primary N) is 1. The van der Waals surface area contributed by atoms with Crippen LogP contribution in [-0.2, 0) is 0 Å². The van der Waals surface area contributed by atoms with Crippen LogP contribution in [0.5, 0.6) is 0 Å². The summed E-state index contributed by atoms with van der Waals surface area (Å²) in [6.45, 7) is 8.95. The van der Waals surface area contributed by atoms with Crippen LogP contribution < -0.4 is 11.1 Å². The molecule has 0 fully saturated rings. The number of hydrogen-bond donors (Lipinski definition) is 2. The monoisotopic (exact) mass is 256 g/mol. The van der Waals surface area contributed by atoms with Crippen LogP contribution in [0.2, 0.25) is 0 Å². The Hall–Kier alpha value is -0.0800. The number of nitrogens with one attached hydrogen (secondary N) is 1. The zero-order valence-electron chi connectivity index (χ0n) is 13.0. The van der Waals surface area contributed by atoms with E-state index in [0.717, 1.165) is 12.5 Å². The van der Waals surface area contributed by atoms with Crippen molar-refractivity contribution in [3.63, 3.8) is 0 Å². The Balaban J connectivity index is 3.07. The summed E-state index contributed by atoms with van der Waals surface area (Å²) in [7, 11) is 0. The number of unbranched alkanes of at least 4 members (excludes halogenated alkanes) is 7. The third kappa shape index (κ3) is 14.0. The molecule has 0 aromatic heterocycles. The summed E-state index contributed by atoms with van der Waals surface area (Å²) in [4.78, 5) is 0. The molecule has 0 amide bonds. The molecule has 0 aliphatic heterocycles. The molecule has 3 N–H and O–H groups in total. The van der Waals surface area contributed by atoms with Crippen LogP contribution in [0.15, 0.2) is 0 Å². The molecule has 0 radical (unpaired) electrons. The topological polar surface area (TPSA) is 38.0 Å². The fourth-order valence-corrected chi connectivity index (χ4v) is 2.47. The van der Waals surface area contributed by atoms with Gasteiger partial charge in [0, 0.05) is 6.04 Å². The van der Waals surface area contributed by atoms with Crippen molar-refractivity contribution in [1.29, 1.82) is 0 Å². The van der Waals surface area contributed by atoms with E-state index in [1.807, 2.05) is 0 Å². The lowest BCUT2D eigenvalue weighted by Crippen LogP contribution is -2.28. The molecule has 2 heteroatoms. The highest BCUT2D eigenvalue weighted by Gasteiger charge is 2.02. The molecule has 0 aromatic rings. The van der Waals surface area contributed by atoms with Crippen molar-refractivity contribution in [3.8, 4) is 0 Å². The van der Waals surface area contributed by atoms with Gasteiger partial charge in [-0.3, -0.25) is 0 Å². The van der Waals surface area contributed by atoms with Gasteiger partial charge in [-0.1, -0.05) is 52.4 Å². The minimum absolute atomic E-state index is 0.682. The van der Waals surface area contributed by atoms with Gasteiger partial charge in [-0.15, -0.1) is 0 Å². The average Bonchev–Trinajstić information content (AvgIpc) is 2.30. The van der Waals surface area contributed by atoms with Gasteiger partial charge in [0.25, 0.3) is 0 Å². The maximum atomic E-state index is 5.47. The van der Waals surface area contributed by atoms with Crippen LogP contribution >= 0.6 is 0 Å². The lowest BCUT2D eigenvalue weighted by Gasteiger charge is -2.15. The Morgan fingerprint density at radius 2 is 1.28 bits per heavy atom. The maximum absolute atomic E-state index is 5.47. The molecule has 0 saturated carbocycles. The average molecular weight is 256 g/mol. The first-order valence-electron chi connectivity index (χ1n) is 8.10. The Morgan fingerprint density at radius 3 is 1.78 bits per heavy atom. The molecule has 0 aromatic carbocycles. The highest BCUT2D eigenvalue weighted by Crippen LogP contribution is 2.08. The first-order valence-corrected chi connectivity index (χ1v) is 8.10. The van der Waals surface area contributed by atoms with Crippen LogP contribution in [0.3, 0.4) is 0 Å². The molecule has 0 heterocycles. The SMILES string of the molecule is CC(C)CC(C)NCCCCCCCCCCN. The zero-order chi connectivity index (χ0) is 13.6. The van der Waals surface area contributed by atoms with Crippen LogP contribution in [0.1, 0.15) is 78.6 Å². The second-order valence-electron chi connectivity index (χ2n) is 6.10. The van der Waals surface area contributed by atoms with Crippen LogP contribution in [0, 0.1) is 5.92 Å². The molecule has 0 aliphatic rings. The van der Waals surface area contributed by atoms with Crippen molar-refractivity contribution in [2.75, 3.05) is 13.1 Å². The van der Waals surface area contributed by atoms with Crippen molar-refractivity contribution >= 4 is 0 Å². The molecule has 1 atom stereocenters. The first kappa shape index (κ1) is 17.9. The van der Waals surface area contributed by atoms with Gasteiger partial charge in [0.05, 0.1) is 0 Å². The molecule has 0 rings (SSSR count). The highest BCUT2D eigenvalue weighted by atomic mass is 14.9. The van der Waals surface area contributed by atoms with E-state index in [0.29, 0.717) is 6.04 Å². The molecule has 110 valence electrons. The van der Waals surface area contributed by atoms with Crippen LogP contribution in [0.4, 0.5) is 0 Å². The molecule has 0 aliphatic carbocycles. The van der Waals surface area contributed by atoms with Gasteiger partial charge >= 0.3 is 0 Å². The van der Waals surface area contributed by atoms with Gasteiger partial charge in [0.15, 0.2) is 0 Å². The second kappa shape index (κ2) is 13.4. The van der Waals surface area contributed by atoms with E-state index in [9.17, 15) is 0 Å². The molecular formula is C16H36N2. The van der Waals surface area contributed by atoms with E-state index < -0.39 is 0 Å². The Labute approximate surface area is 115 Å². The third-order valence-corrected chi connectivity index (χ3v) is 3.45. The van der Waals surface area contributed by atoms with Crippen molar-refractivity contribution in [3.05, 3.63) is 0 Å². The standard InChI is InChI=1S/C16H36N2/c1-15(2)14-16(3)18-13-11-9-7-5-4-6-8-10-12-17/h15-16,18H,4-14,17H2,1-3H3. The summed E-state index contributed by atoms with van der Waals surface area (Å²) in [6, 6.07) is 0.682. The summed E-state index contributed by atoms with van der Waals surface area (Å²) >= 11 is 0. The predicted octanol–water partition coefficient (Wildman–Crippen LogP) is 4.09. The summed E-state index contributed by atoms with van der Waals surface area (Å²) < 4.78 is 0. The van der Waals surface area contributed by atoms with Crippen molar-refractivity contribution in [2.24, 2.45) is 11.7 Å². The van der Waals surface area contributed by atoms with Crippen LogP contribution in [-0.4, -0.2) is 19.1 Å². The van der Waals surface area contributed by atoms with Gasteiger partial charge in [0.1, 0.15) is 0 Å². The van der Waals surface area contributed by atoms with Gasteiger partial charge in [-0.25, -0.2) is 0 Å². The van der Waals surface area contributed by atoms with E-state index in [4.69, 9.17) is 5.73 Å². The van der Waals surface area contributed by atoms with Gasteiger partial charge in [0.2, 0.25) is 0 Å². The van der Waals surface area contributed by atoms with Crippen molar-refractivity contribution in [2.45, 2.75) is 84.6 Å². The maximum Gasteiger partial charge on any atom is 0.00411 e. The quantitative estimate of drug-likeness (QED) is 0.487. The Bertz CT molecular complexity index is 157. The molecule has 0 spiro atoms. The summed E-state index contributed by atoms with van der Waals surface area (Å²) in [5.41, 5.74) is 5.47. The van der Waals surface area contributed by atoms with Gasteiger partial charge in [-0.2, -0.15) is 0 Å². The summed E-state index contributed by atoms with van der Waals surface area (Å²) in [6.07, 6.45) is 12.1. The molecule has 0 saturated heterocycles. The smallest absolute Gasteiger partial charge is 0.00411 e. The second-order valence-corrected chi connectivity index (χ2v) is 6.10. The van der Waals surface area contributed by atoms with Gasteiger partial charge < -0.3 is 11.1 Å². The van der Waals surface area contributed by atoms with E-state index in [1.54, 1.807) is 0 Å². The van der Waals surface area contributed by atoms with E-state index in [-0.39, 0.29) is 0 Å². The molecule has 2 nitrogen and oxygen atoms in total. The predicted molar refractivity (Wildman–Crippen MR) is 82.9 cm³/mol. The Kier molecular flexibility index (Phi) is 13.3. The molecular weight excluding hydrogens is 220 g/mol. The molecule has 18 heavy (non-hydrogen) atoms. The number of hydrogen-bond acceptors (Lipinski definition) is 2. The molecule has 1 unspecified atom stereocenters. The summed E-state index contributed by atoms with van der Waals surface area (Å²) in [5, 5.41) is 3.62.